The van der Waals surface area contributed by atoms with Crippen molar-refractivity contribution in [1.29, 1.82) is 5.26 Å². The third-order valence-electron chi connectivity index (χ3n) is 7.57. The Morgan fingerprint density at radius 2 is 1.95 bits per heavy atom. The molecule has 3 aliphatic rings. The SMILES string of the molecule is Cc1cc(Nc2ncc3c(n2)N2CCN=C2N(c2c(Cl)cccc2Cl)C3=O)ccc1C1CC(C#N)CCN1C. The van der Waals surface area contributed by atoms with Crippen molar-refractivity contribution in [3.05, 3.63) is 69.3 Å². The second kappa shape index (κ2) is 10.1. The molecule has 6 rings (SSSR count). The maximum Gasteiger partial charge on any atom is 0.270 e. The van der Waals surface area contributed by atoms with Gasteiger partial charge >= 0.3 is 0 Å². The molecular formula is C28H26Cl2N8O. The number of guanidine groups is 1. The Kier molecular flexibility index (Phi) is 6.63. The fraction of sp³-hybridized carbons (Fsp3) is 0.321. The van der Waals surface area contributed by atoms with Crippen LogP contribution < -0.4 is 15.1 Å². The Morgan fingerprint density at radius 1 is 1.15 bits per heavy atom. The van der Waals surface area contributed by atoms with Gasteiger partial charge in [0.1, 0.15) is 5.56 Å². The van der Waals surface area contributed by atoms with Crippen molar-refractivity contribution in [2.45, 2.75) is 25.8 Å². The highest BCUT2D eigenvalue weighted by atomic mass is 35.5. The van der Waals surface area contributed by atoms with E-state index in [0.717, 1.165) is 30.6 Å². The van der Waals surface area contributed by atoms with Gasteiger partial charge in [0.15, 0.2) is 5.82 Å². The summed E-state index contributed by atoms with van der Waals surface area (Å²) < 4.78 is 0. The molecule has 2 unspecified atom stereocenters. The molecule has 9 nitrogen and oxygen atoms in total. The predicted molar refractivity (Wildman–Crippen MR) is 153 cm³/mol. The van der Waals surface area contributed by atoms with E-state index in [0.29, 0.717) is 52.1 Å². The molecule has 0 spiro atoms. The number of hydrogen-bond acceptors (Lipinski definition) is 8. The van der Waals surface area contributed by atoms with Crippen molar-refractivity contribution >= 4 is 58.2 Å². The third kappa shape index (κ3) is 4.48. The first-order valence-electron chi connectivity index (χ1n) is 12.8. The van der Waals surface area contributed by atoms with Crippen LogP contribution in [0.4, 0.5) is 23.1 Å². The predicted octanol–water partition coefficient (Wildman–Crippen LogP) is 5.58. The van der Waals surface area contributed by atoms with Gasteiger partial charge < -0.3 is 5.32 Å². The number of fused-ring (bicyclic) bond motifs is 3. The first-order chi connectivity index (χ1) is 18.9. The van der Waals surface area contributed by atoms with Crippen molar-refractivity contribution in [2.75, 3.05) is 41.8 Å². The number of anilines is 4. The van der Waals surface area contributed by atoms with E-state index < -0.39 is 0 Å². The summed E-state index contributed by atoms with van der Waals surface area (Å²) in [6.07, 6.45) is 3.27. The van der Waals surface area contributed by atoms with Gasteiger partial charge in [-0.1, -0.05) is 35.3 Å². The van der Waals surface area contributed by atoms with Crippen LogP contribution in [0.15, 0.2) is 47.6 Å². The number of piperidine rings is 1. The topological polar surface area (TPSA) is 101 Å². The van der Waals surface area contributed by atoms with E-state index >= 15 is 0 Å². The van der Waals surface area contributed by atoms with E-state index in [1.54, 1.807) is 18.2 Å². The standard InChI is InChI=1S/C28H26Cl2N8O/c1-16-12-18(6-7-19(16)23-13-17(14-31)8-10-36(23)2)34-27-33-15-20-25(35-27)37-11-9-32-28(37)38(26(20)39)24-21(29)4-3-5-22(24)30/h3-7,12,15,17,23H,8-11,13H2,1-2H3,(H,33,34,35). The lowest BCUT2D eigenvalue weighted by atomic mass is 9.86. The van der Waals surface area contributed by atoms with Crippen LogP contribution in [0.25, 0.3) is 0 Å². The molecule has 0 radical (unpaired) electrons. The zero-order valence-corrected chi connectivity index (χ0v) is 23.0. The van der Waals surface area contributed by atoms with Gasteiger partial charge in [-0.2, -0.15) is 10.2 Å². The number of nitriles is 1. The zero-order valence-electron chi connectivity index (χ0n) is 21.5. The number of aliphatic imine (C=N–C) groups is 1. The number of nitrogens with zero attached hydrogens (tertiary/aromatic N) is 7. The van der Waals surface area contributed by atoms with Crippen molar-refractivity contribution in [3.63, 3.8) is 0 Å². The summed E-state index contributed by atoms with van der Waals surface area (Å²) in [5.74, 6) is 1.06. The van der Waals surface area contributed by atoms with Gasteiger partial charge in [-0.25, -0.2) is 9.88 Å². The fourth-order valence-corrected chi connectivity index (χ4v) is 6.12. The smallest absolute Gasteiger partial charge is 0.270 e. The van der Waals surface area contributed by atoms with Crippen molar-refractivity contribution < 1.29 is 4.79 Å². The zero-order chi connectivity index (χ0) is 27.3. The van der Waals surface area contributed by atoms with Crippen LogP contribution in [0.3, 0.4) is 0 Å². The lowest BCUT2D eigenvalue weighted by Gasteiger charge is -2.36. The average molecular weight is 561 g/mol. The van der Waals surface area contributed by atoms with Crippen LogP contribution >= 0.6 is 23.2 Å². The van der Waals surface area contributed by atoms with Crippen LogP contribution in [-0.2, 0) is 0 Å². The largest absolute Gasteiger partial charge is 0.324 e. The number of carbonyl (C=O) groups excluding carboxylic acids is 1. The molecule has 39 heavy (non-hydrogen) atoms. The molecule has 3 aromatic rings. The van der Waals surface area contributed by atoms with E-state index in [1.165, 1.54) is 16.7 Å². The normalized spacial score (nSPS) is 20.8. The Bertz CT molecular complexity index is 1530. The van der Waals surface area contributed by atoms with E-state index in [-0.39, 0.29) is 17.9 Å². The van der Waals surface area contributed by atoms with Crippen molar-refractivity contribution in [3.8, 4) is 6.07 Å². The highest BCUT2D eigenvalue weighted by Gasteiger charge is 2.41. The molecule has 0 aliphatic carbocycles. The molecule has 3 aliphatic heterocycles. The minimum Gasteiger partial charge on any atom is -0.324 e. The van der Waals surface area contributed by atoms with Crippen LogP contribution in [0.2, 0.25) is 10.0 Å². The third-order valence-corrected chi connectivity index (χ3v) is 8.18. The van der Waals surface area contributed by atoms with Crippen LogP contribution in [0.1, 0.15) is 40.4 Å². The number of hydrogen-bond donors (Lipinski definition) is 1. The minimum absolute atomic E-state index is 0.0823. The van der Waals surface area contributed by atoms with Crippen LogP contribution in [0, 0.1) is 24.2 Å². The average Bonchev–Trinajstić information content (AvgIpc) is 3.41. The Morgan fingerprint density at radius 3 is 2.69 bits per heavy atom. The molecule has 1 aromatic heterocycles. The molecule has 4 heterocycles. The number of nitrogens with one attached hydrogen (secondary N) is 1. The number of rotatable bonds is 4. The number of likely N-dealkylation sites (tertiary alicyclic amines) is 1. The number of halogens is 2. The molecule has 2 atom stereocenters. The van der Waals surface area contributed by atoms with Crippen molar-refractivity contribution in [1.82, 2.24) is 14.9 Å². The van der Waals surface area contributed by atoms with Gasteiger partial charge in [-0.15, -0.1) is 0 Å². The lowest BCUT2D eigenvalue weighted by molar-refractivity contribution is 0.1000. The monoisotopic (exact) mass is 560 g/mol. The molecule has 0 bridgehead atoms. The molecule has 1 saturated heterocycles. The quantitative estimate of drug-likeness (QED) is 0.444. The Hall–Kier alpha value is -3.71. The minimum atomic E-state index is -0.337. The second-order valence-corrected chi connectivity index (χ2v) is 10.8. The molecule has 2 aromatic carbocycles. The van der Waals surface area contributed by atoms with Crippen molar-refractivity contribution in [2.24, 2.45) is 10.9 Å². The maximum absolute atomic E-state index is 13.6. The Labute approximate surface area is 236 Å². The number of carbonyl (C=O) groups is 1. The number of aryl methyl sites for hydroxylation is 1. The number of amides is 1. The summed E-state index contributed by atoms with van der Waals surface area (Å²) >= 11 is 12.9. The molecule has 0 saturated carbocycles. The summed E-state index contributed by atoms with van der Waals surface area (Å²) in [5, 5.41) is 13.4. The van der Waals surface area contributed by atoms with Gasteiger partial charge in [0.05, 0.1) is 28.3 Å². The number of benzene rings is 2. The summed E-state index contributed by atoms with van der Waals surface area (Å²) in [5.41, 5.74) is 3.93. The van der Waals surface area contributed by atoms with E-state index in [4.69, 9.17) is 28.2 Å². The fourth-order valence-electron chi connectivity index (χ4n) is 5.55. The number of aromatic nitrogens is 2. The summed E-state index contributed by atoms with van der Waals surface area (Å²) in [6, 6.07) is 13.9. The molecule has 11 heteroatoms. The first kappa shape index (κ1) is 25.6. The molecule has 1 amide bonds. The highest BCUT2D eigenvalue weighted by molar-refractivity contribution is 6.43. The van der Waals surface area contributed by atoms with Crippen LogP contribution in [0.5, 0.6) is 0 Å². The Balaban J connectivity index is 1.29. The summed E-state index contributed by atoms with van der Waals surface area (Å²) in [4.78, 5) is 33.0. The van der Waals surface area contributed by atoms with E-state index in [9.17, 15) is 10.1 Å². The maximum atomic E-state index is 13.6. The molecule has 1 fully saturated rings. The second-order valence-electron chi connectivity index (χ2n) is 10.0. The summed E-state index contributed by atoms with van der Waals surface area (Å²) in [6.45, 7) is 4.07. The molecule has 198 valence electrons. The molecule has 1 N–H and O–H groups in total. The van der Waals surface area contributed by atoms with E-state index in [1.807, 2.05) is 11.0 Å². The summed E-state index contributed by atoms with van der Waals surface area (Å²) in [7, 11) is 2.11. The first-order valence-corrected chi connectivity index (χ1v) is 13.6. The van der Waals surface area contributed by atoms with E-state index in [2.05, 4.69) is 52.4 Å². The lowest BCUT2D eigenvalue weighted by Crippen LogP contribution is -2.51. The van der Waals surface area contributed by atoms with Gasteiger partial charge in [-0.3, -0.25) is 19.6 Å². The van der Waals surface area contributed by atoms with Gasteiger partial charge in [0, 0.05) is 30.4 Å². The van der Waals surface area contributed by atoms with Gasteiger partial charge in [0.2, 0.25) is 11.9 Å². The number of para-hydroxylation sites is 1. The van der Waals surface area contributed by atoms with Gasteiger partial charge in [0.25, 0.3) is 5.91 Å². The molecular weight excluding hydrogens is 535 g/mol. The van der Waals surface area contributed by atoms with Crippen LogP contribution in [-0.4, -0.2) is 53.4 Å². The van der Waals surface area contributed by atoms with Gasteiger partial charge in [-0.05, 0) is 68.8 Å². The highest BCUT2D eigenvalue weighted by Crippen LogP contribution is 2.40.